The van der Waals surface area contributed by atoms with Gasteiger partial charge in [-0.25, -0.2) is 4.98 Å². The van der Waals surface area contributed by atoms with Crippen LogP contribution in [0.2, 0.25) is 0 Å². The predicted octanol–water partition coefficient (Wildman–Crippen LogP) is 1.92. The third-order valence-electron chi connectivity index (χ3n) is 4.63. The quantitative estimate of drug-likeness (QED) is 0.906. The Bertz CT molecular complexity index is 679. The van der Waals surface area contributed by atoms with Crippen molar-refractivity contribution in [1.82, 2.24) is 14.7 Å². The summed E-state index contributed by atoms with van der Waals surface area (Å²) < 4.78 is 1.82. The number of amides is 1. The molecule has 1 amide bonds. The van der Waals surface area contributed by atoms with Crippen LogP contribution in [0.5, 0.6) is 0 Å². The third kappa shape index (κ3) is 2.42. The monoisotopic (exact) mass is 287 g/mol. The van der Waals surface area contributed by atoms with Crippen LogP contribution >= 0.6 is 0 Å². The van der Waals surface area contributed by atoms with E-state index in [2.05, 4.69) is 10.3 Å². The Hall–Kier alpha value is -1.88. The largest absolute Gasteiger partial charge is 0.396 e. The summed E-state index contributed by atoms with van der Waals surface area (Å²) in [6.45, 7) is 4.12. The van der Waals surface area contributed by atoms with Gasteiger partial charge in [-0.05, 0) is 31.4 Å². The Labute approximate surface area is 124 Å². The molecule has 2 aromatic heterocycles. The number of hydrogen-bond acceptors (Lipinski definition) is 3. The molecule has 1 aliphatic carbocycles. The van der Waals surface area contributed by atoms with Crippen molar-refractivity contribution >= 4 is 11.6 Å². The number of aliphatic hydroxyl groups is 1. The lowest BCUT2D eigenvalue weighted by molar-refractivity contribution is 0.0825. The first-order valence-electron chi connectivity index (χ1n) is 7.39. The number of rotatable bonds is 3. The van der Waals surface area contributed by atoms with E-state index >= 15 is 0 Å². The molecule has 2 heterocycles. The van der Waals surface area contributed by atoms with Gasteiger partial charge in [0.25, 0.3) is 5.91 Å². The first kappa shape index (κ1) is 14.1. The van der Waals surface area contributed by atoms with Gasteiger partial charge in [0.15, 0.2) is 0 Å². The molecule has 2 aromatic rings. The molecule has 2 N–H and O–H groups in total. The molecule has 112 valence electrons. The summed E-state index contributed by atoms with van der Waals surface area (Å²) in [6, 6.07) is 3.90. The topological polar surface area (TPSA) is 66.6 Å². The Morgan fingerprint density at radius 2 is 2.38 bits per heavy atom. The normalized spacial score (nSPS) is 25.4. The summed E-state index contributed by atoms with van der Waals surface area (Å²) in [5.41, 5.74) is 2.17. The van der Waals surface area contributed by atoms with E-state index in [1.807, 2.05) is 36.6 Å². The van der Waals surface area contributed by atoms with Crippen LogP contribution in [0.4, 0.5) is 0 Å². The molecule has 5 nitrogen and oxygen atoms in total. The summed E-state index contributed by atoms with van der Waals surface area (Å²) in [5, 5.41) is 12.7. The van der Waals surface area contributed by atoms with Gasteiger partial charge in [-0.2, -0.15) is 0 Å². The van der Waals surface area contributed by atoms with Crippen LogP contribution in [0, 0.1) is 12.3 Å². The SMILES string of the molecule is Cc1ccc2ncc(C(=O)NC3CCCC3(C)CO)n2c1. The van der Waals surface area contributed by atoms with Crippen molar-refractivity contribution in [2.45, 2.75) is 39.2 Å². The average molecular weight is 287 g/mol. The van der Waals surface area contributed by atoms with E-state index < -0.39 is 0 Å². The molecule has 5 heteroatoms. The molecule has 0 aliphatic heterocycles. The minimum Gasteiger partial charge on any atom is -0.396 e. The zero-order chi connectivity index (χ0) is 15.0. The van der Waals surface area contributed by atoms with Gasteiger partial charge in [-0.15, -0.1) is 0 Å². The molecule has 0 saturated heterocycles. The fraction of sp³-hybridized carbons (Fsp3) is 0.500. The van der Waals surface area contributed by atoms with Crippen LogP contribution in [0.25, 0.3) is 5.65 Å². The van der Waals surface area contributed by atoms with E-state index in [0.717, 1.165) is 30.5 Å². The van der Waals surface area contributed by atoms with Crippen molar-refractivity contribution in [3.8, 4) is 0 Å². The second kappa shape index (κ2) is 5.15. The van der Waals surface area contributed by atoms with Gasteiger partial charge in [-0.3, -0.25) is 9.20 Å². The molecule has 0 bridgehead atoms. The van der Waals surface area contributed by atoms with Crippen LogP contribution in [0.1, 0.15) is 42.2 Å². The Balaban J connectivity index is 1.86. The Morgan fingerprint density at radius 1 is 1.57 bits per heavy atom. The van der Waals surface area contributed by atoms with Crippen molar-refractivity contribution in [3.63, 3.8) is 0 Å². The van der Waals surface area contributed by atoms with Gasteiger partial charge in [0.1, 0.15) is 11.3 Å². The van der Waals surface area contributed by atoms with Gasteiger partial charge in [0.05, 0.1) is 12.8 Å². The van der Waals surface area contributed by atoms with E-state index in [-0.39, 0.29) is 24.0 Å². The zero-order valence-electron chi connectivity index (χ0n) is 12.5. The number of aromatic nitrogens is 2. The summed E-state index contributed by atoms with van der Waals surface area (Å²) in [4.78, 5) is 16.8. The summed E-state index contributed by atoms with van der Waals surface area (Å²) in [5.74, 6) is -0.125. The number of nitrogens with zero attached hydrogens (tertiary/aromatic N) is 2. The van der Waals surface area contributed by atoms with Crippen LogP contribution in [0.3, 0.4) is 0 Å². The number of aryl methyl sites for hydroxylation is 1. The molecule has 1 saturated carbocycles. The van der Waals surface area contributed by atoms with Crippen LogP contribution < -0.4 is 5.32 Å². The third-order valence-corrected chi connectivity index (χ3v) is 4.63. The number of nitrogens with one attached hydrogen (secondary N) is 1. The molecule has 1 fully saturated rings. The van der Waals surface area contributed by atoms with E-state index in [1.54, 1.807) is 6.20 Å². The molecule has 21 heavy (non-hydrogen) atoms. The van der Waals surface area contributed by atoms with Crippen molar-refractivity contribution in [3.05, 3.63) is 35.8 Å². The highest BCUT2D eigenvalue weighted by Gasteiger charge is 2.39. The molecule has 0 spiro atoms. The highest BCUT2D eigenvalue weighted by Crippen LogP contribution is 2.37. The highest BCUT2D eigenvalue weighted by molar-refractivity contribution is 5.93. The van der Waals surface area contributed by atoms with Gasteiger partial charge in [0.2, 0.25) is 0 Å². The average Bonchev–Trinajstić information content (AvgIpc) is 3.03. The van der Waals surface area contributed by atoms with Crippen molar-refractivity contribution in [1.29, 1.82) is 0 Å². The lowest BCUT2D eigenvalue weighted by Crippen LogP contribution is -2.45. The maximum absolute atomic E-state index is 12.5. The first-order valence-corrected chi connectivity index (χ1v) is 7.39. The van der Waals surface area contributed by atoms with E-state index in [1.165, 1.54) is 0 Å². The van der Waals surface area contributed by atoms with Crippen LogP contribution in [-0.2, 0) is 0 Å². The fourth-order valence-electron chi connectivity index (χ4n) is 3.16. The van der Waals surface area contributed by atoms with Gasteiger partial charge in [-0.1, -0.05) is 19.4 Å². The van der Waals surface area contributed by atoms with Gasteiger partial charge in [0, 0.05) is 17.7 Å². The number of hydrogen-bond donors (Lipinski definition) is 2. The van der Waals surface area contributed by atoms with Gasteiger partial charge < -0.3 is 10.4 Å². The smallest absolute Gasteiger partial charge is 0.270 e. The van der Waals surface area contributed by atoms with Crippen molar-refractivity contribution < 1.29 is 9.90 Å². The van der Waals surface area contributed by atoms with Crippen molar-refractivity contribution in [2.24, 2.45) is 5.41 Å². The number of imidazole rings is 1. The molecule has 3 rings (SSSR count). The minimum atomic E-state index is -0.216. The number of pyridine rings is 1. The second-order valence-corrected chi connectivity index (χ2v) is 6.31. The lowest BCUT2D eigenvalue weighted by atomic mass is 9.86. The maximum atomic E-state index is 12.5. The summed E-state index contributed by atoms with van der Waals surface area (Å²) in [7, 11) is 0. The highest BCUT2D eigenvalue weighted by atomic mass is 16.3. The molecular weight excluding hydrogens is 266 g/mol. The lowest BCUT2D eigenvalue weighted by Gasteiger charge is -2.29. The maximum Gasteiger partial charge on any atom is 0.270 e. The molecule has 0 radical (unpaired) electrons. The van der Waals surface area contributed by atoms with Crippen molar-refractivity contribution in [2.75, 3.05) is 6.61 Å². The van der Waals surface area contributed by atoms with E-state index in [0.29, 0.717) is 5.69 Å². The Kier molecular flexibility index (Phi) is 3.45. The molecular formula is C16H21N3O2. The fourth-order valence-corrected chi connectivity index (χ4v) is 3.16. The molecule has 2 atom stereocenters. The molecule has 2 unspecified atom stereocenters. The molecule has 0 aromatic carbocycles. The molecule has 1 aliphatic rings. The number of aliphatic hydroxyl groups excluding tert-OH is 1. The standard InChI is InChI=1S/C16H21N3O2/c1-11-5-6-14-17-8-12(19(14)9-11)15(21)18-13-4-3-7-16(13,2)10-20/h5-6,8-9,13,20H,3-4,7,10H2,1-2H3,(H,18,21). The zero-order valence-corrected chi connectivity index (χ0v) is 12.5. The first-order chi connectivity index (χ1) is 10.0. The number of fused-ring (bicyclic) bond motifs is 1. The number of carbonyl (C=O) groups excluding carboxylic acids is 1. The number of carbonyl (C=O) groups is 1. The van der Waals surface area contributed by atoms with E-state index in [9.17, 15) is 9.90 Å². The predicted molar refractivity (Wildman–Crippen MR) is 80.2 cm³/mol. The van der Waals surface area contributed by atoms with Crippen LogP contribution in [-0.4, -0.2) is 33.0 Å². The van der Waals surface area contributed by atoms with Crippen LogP contribution in [0.15, 0.2) is 24.5 Å². The summed E-state index contributed by atoms with van der Waals surface area (Å²) in [6.07, 6.45) is 6.42. The van der Waals surface area contributed by atoms with Gasteiger partial charge >= 0.3 is 0 Å². The minimum absolute atomic E-state index is 0.0189. The van der Waals surface area contributed by atoms with E-state index in [4.69, 9.17) is 0 Å². The second-order valence-electron chi connectivity index (χ2n) is 6.31. The summed E-state index contributed by atoms with van der Waals surface area (Å²) >= 11 is 0. The Morgan fingerprint density at radius 3 is 3.14 bits per heavy atom.